The van der Waals surface area contributed by atoms with Gasteiger partial charge in [-0.05, 0) is 54.3 Å². The van der Waals surface area contributed by atoms with Crippen molar-refractivity contribution < 1.29 is 14.6 Å². The second kappa shape index (κ2) is 8.26. The molecule has 0 fully saturated rings. The van der Waals surface area contributed by atoms with Gasteiger partial charge >= 0.3 is 5.97 Å². The Labute approximate surface area is 135 Å². The van der Waals surface area contributed by atoms with Gasteiger partial charge in [-0.25, -0.2) is 4.68 Å². The van der Waals surface area contributed by atoms with E-state index in [2.05, 4.69) is 15.5 Å². The number of aromatic nitrogens is 4. The number of aliphatic carboxylic acids is 1. The molecule has 0 atom stereocenters. The van der Waals surface area contributed by atoms with Gasteiger partial charge in [0.25, 0.3) is 0 Å². The van der Waals surface area contributed by atoms with Gasteiger partial charge in [0.05, 0.1) is 0 Å². The molecule has 1 heterocycles. The van der Waals surface area contributed by atoms with Crippen LogP contribution in [0, 0.1) is 13.8 Å². The Morgan fingerprint density at radius 1 is 1.26 bits per heavy atom. The summed E-state index contributed by atoms with van der Waals surface area (Å²) in [5, 5.41) is 20.3. The fourth-order valence-corrected chi connectivity index (χ4v) is 2.24. The first-order valence-corrected chi connectivity index (χ1v) is 7.74. The van der Waals surface area contributed by atoms with E-state index in [1.54, 1.807) is 4.68 Å². The lowest BCUT2D eigenvalue weighted by Gasteiger charge is -2.10. The van der Waals surface area contributed by atoms with Gasteiger partial charge in [0.1, 0.15) is 12.4 Å². The molecule has 0 saturated heterocycles. The second-order valence-corrected chi connectivity index (χ2v) is 5.51. The number of rotatable bonds is 9. The van der Waals surface area contributed by atoms with Crippen LogP contribution in [0.2, 0.25) is 0 Å². The molecule has 0 aliphatic rings. The lowest BCUT2D eigenvalue weighted by Crippen LogP contribution is -2.09. The summed E-state index contributed by atoms with van der Waals surface area (Å²) < 4.78 is 7.53. The highest BCUT2D eigenvalue weighted by Crippen LogP contribution is 2.21. The number of carboxylic acids is 1. The molecule has 1 N–H and O–H groups in total. The van der Waals surface area contributed by atoms with Gasteiger partial charge in [-0.15, -0.1) is 5.10 Å². The fourth-order valence-electron chi connectivity index (χ4n) is 2.24. The van der Waals surface area contributed by atoms with Crippen molar-refractivity contribution >= 4 is 5.97 Å². The molecule has 0 bridgehead atoms. The van der Waals surface area contributed by atoms with Gasteiger partial charge in [0.2, 0.25) is 0 Å². The molecule has 0 radical (unpaired) electrons. The molecule has 0 amide bonds. The molecular formula is C16H22N4O3. The molecule has 1 aromatic carbocycles. The van der Waals surface area contributed by atoms with E-state index in [1.165, 1.54) is 5.56 Å². The van der Waals surface area contributed by atoms with E-state index >= 15 is 0 Å². The quantitative estimate of drug-likeness (QED) is 0.714. The smallest absolute Gasteiger partial charge is 0.303 e. The van der Waals surface area contributed by atoms with Crippen molar-refractivity contribution in [2.75, 3.05) is 0 Å². The van der Waals surface area contributed by atoms with E-state index in [1.807, 2.05) is 32.0 Å². The zero-order valence-corrected chi connectivity index (χ0v) is 13.5. The summed E-state index contributed by atoms with van der Waals surface area (Å²) in [4.78, 5) is 10.5. The third kappa shape index (κ3) is 5.05. The number of carbonyl (C=O) groups is 1. The fraction of sp³-hybridized carbons (Fsp3) is 0.500. The van der Waals surface area contributed by atoms with Gasteiger partial charge in [0.15, 0.2) is 5.82 Å². The molecule has 7 heteroatoms. The first-order valence-electron chi connectivity index (χ1n) is 7.74. The van der Waals surface area contributed by atoms with Crippen LogP contribution in [0.5, 0.6) is 5.75 Å². The molecule has 7 nitrogen and oxygen atoms in total. The summed E-state index contributed by atoms with van der Waals surface area (Å²) >= 11 is 0. The SMILES string of the molecule is Cc1cccc(OCc2nnnn2CCCCCC(=O)O)c1C. The van der Waals surface area contributed by atoms with Crippen molar-refractivity contribution in [3.8, 4) is 5.75 Å². The molecule has 124 valence electrons. The van der Waals surface area contributed by atoms with Gasteiger partial charge in [0, 0.05) is 13.0 Å². The summed E-state index contributed by atoms with van der Waals surface area (Å²) in [6, 6.07) is 5.94. The maximum Gasteiger partial charge on any atom is 0.303 e. The predicted octanol–water partition coefficient (Wildman–Crippen LogP) is 2.51. The van der Waals surface area contributed by atoms with Gasteiger partial charge in [-0.1, -0.05) is 18.6 Å². The molecule has 1 aromatic heterocycles. The number of hydrogen-bond donors (Lipinski definition) is 1. The Morgan fingerprint density at radius 3 is 2.87 bits per heavy atom. The van der Waals surface area contributed by atoms with Crippen molar-refractivity contribution in [3.63, 3.8) is 0 Å². The summed E-state index contributed by atoms with van der Waals surface area (Å²) in [5.41, 5.74) is 2.29. The van der Waals surface area contributed by atoms with E-state index in [9.17, 15) is 4.79 Å². The van der Waals surface area contributed by atoms with Crippen LogP contribution in [0.25, 0.3) is 0 Å². The Hall–Kier alpha value is -2.44. The molecule has 0 aliphatic carbocycles. The molecule has 2 rings (SSSR count). The van der Waals surface area contributed by atoms with Crippen molar-refractivity contribution in [2.24, 2.45) is 0 Å². The number of carboxylic acid groups (broad SMARTS) is 1. The van der Waals surface area contributed by atoms with Crippen molar-refractivity contribution in [2.45, 2.75) is 52.7 Å². The highest BCUT2D eigenvalue weighted by Gasteiger charge is 2.08. The molecule has 23 heavy (non-hydrogen) atoms. The van der Waals surface area contributed by atoms with E-state index < -0.39 is 5.97 Å². The number of tetrazole rings is 1. The van der Waals surface area contributed by atoms with E-state index in [-0.39, 0.29) is 6.42 Å². The van der Waals surface area contributed by atoms with Crippen LogP contribution in [0.4, 0.5) is 0 Å². The Bertz CT molecular complexity index is 655. The van der Waals surface area contributed by atoms with Crippen LogP contribution < -0.4 is 4.74 Å². The zero-order valence-electron chi connectivity index (χ0n) is 13.5. The standard InChI is InChI=1S/C16H22N4O3/c1-12-7-6-8-14(13(12)2)23-11-15-17-18-19-20(15)10-5-3-4-9-16(21)22/h6-8H,3-5,9-11H2,1-2H3,(H,21,22). The lowest BCUT2D eigenvalue weighted by atomic mass is 10.1. The maximum absolute atomic E-state index is 10.5. The van der Waals surface area contributed by atoms with Crippen LogP contribution in [0.1, 0.15) is 42.6 Å². The number of benzene rings is 1. The van der Waals surface area contributed by atoms with Gasteiger partial charge in [-0.3, -0.25) is 4.79 Å². The van der Waals surface area contributed by atoms with Crippen molar-refractivity contribution in [1.29, 1.82) is 0 Å². The van der Waals surface area contributed by atoms with Crippen LogP contribution in [-0.4, -0.2) is 31.3 Å². The predicted molar refractivity (Wildman–Crippen MR) is 84.2 cm³/mol. The first kappa shape index (κ1) is 16.9. The van der Waals surface area contributed by atoms with Gasteiger partial charge in [-0.2, -0.15) is 0 Å². The zero-order chi connectivity index (χ0) is 16.7. The van der Waals surface area contributed by atoms with Crippen LogP contribution >= 0.6 is 0 Å². The maximum atomic E-state index is 10.5. The minimum atomic E-state index is -0.755. The molecule has 0 saturated carbocycles. The highest BCUT2D eigenvalue weighted by molar-refractivity contribution is 5.66. The van der Waals surface area contributed by atoms with Crippen LogP contribution in [0.15, 0.2) is 18.2 Å². The Kier molecular flexibility index (Phi) is 6.08. The summed E-state index contributed by atoms with van der Waals surface area (Å²) in [5.74, 6) is 0.750. The van der Waals surface area contributed by atoms with E-state index in [0.29, 0.717) is 25.4 Å². The van der Waals surface area contributed by atoms with Crippen molar-refractivity contribution in [1.82, 2.24) is 20.2 Å². The second-order valence-electron chi connectivity index (χ2n) is 5.51. The van der Waals surface area contributed by atoms with E-state index in [0.717, 1.165) is 24.2 Å². The highest BCUT2D eigenvalue weighted by atomic mass is 16.5. The molecule has 0 aliphatic heterocycles. The normalized spacial score (nSPS) is 10.7. The third-order valence-corrected chi connectivity index (χ3v) is 3.78. The van der Waals surface area contributed by atoms with E-state index in [4.69, 9.17) is 9.84 Å². The molecule has 0 spiro atoms. The molecule has 2 aromatic rings. The Balaban J connectivity index is 1.84. The number of ether oxygens (including phenoxy) is 1. The summed E-state index contributed by atoms with van der Waals surface area (Å²) in [6.45, 7) is 5.05. The largest absolute Gasteiger partial charge is 0.485 e. The van der Waals surface area contributed by atoms with Crippen molar-refractivity contribution in [3.05, 3.63) is 35.2 Å². The van der Waals surface area contributed by atoms with Crippen LogP contribution in [-0.2, 0) is 17.9 Å². The Morgan fingerprint density at radius 2 is 2.09 bits per heavy atom. The first-order chi connectivity index (χ1) is 11.1. The van der Waals surface area contributed by atoms with Crippen LogP contribution in [0.3, 0.4) is 0 Å². The number of aryl methyl sites for hydroxylation is 2. The molecular weight excluding hydrogens is 296 g/mol. The monoisotopic (exact) mass is 318 g/mol. The minimum absolute atomic E-state index is 0.207. The lowest BCUT2D eigenvalue weighted by molar-refractivity contribution is -0.137. The summed E-state index contributed by atoms with van der Waals surface area (Å²) in [6.07, 6.45) is 2.56. The topological polar surface area (TPSA) is 90.1 Å². The van der Waals surface area contributed by atoms with Gasteiger partial charge < -0.3 is 9.84 Å². The third-order valence-electron chi connectivity index (χ3n) is 3.78. The number of nitrogens with zero attached hydrogens (tertiary/aromatic N) is 4. The minimum Gasteiger partial charge on any atom is -0.485 e. The molecule has 0 unspecified atom stereocenters. The number of unbranched alkanes of at least 4 members (excludes halogenated alkanes) is 2. The average Bonchev–Trinajstić information content (AvgIpc) is 2.95. The number of hydrogen-bond acceptors (Lipinski definition) is 5. The summed E-state index contributed by atoms with van der Waals surface area (Å²) in [7, 11) is 0. The average molecular weight is 318 g/mol.